The number of benzene rings is 1. The Bertz CT molecular complexity index is 944. The first-order valence-corrected chi connectivity index (χ1v) is 10.5. The second-order valence-corrected chi connectivity index (χ2v) is 6.87. The van der Waals surface area contributed by atoms with Crippen LogP contribution in [0, 0.1) is 16.0 Å². The molecule has 2 atom stereocenters. The average molecular weight is 458 g/mol. The van der Waals surface area contributed by atoms with Crippen molar-refractivity contribution in [2.24, 2.45) is 5.92 Å². The number of carbonyl (C=O) groups is 3. The third-order valence-corrected chi connectivity index (χ3v) is 4.89. The molecule has 0 aliphatic rings. The number of nitrogens with zero attached hydrogens (tertiary/aromatic N) is 2. The Morgan fingerprint density at radius 1 is 0.818 bits per heavy atom. The lowest BCUT2D eigenvalue weighted by Crippen LogP contribution is -2.38. The topological polar surface area (TPSA) is 135 Å². The number of rotatable bonds is 11. The number of hydrogen-bond acceptors (Lipinski definition) is 9. The zero-order chi connectivity index (χ0) is 24.4. The minimum atomic E-state index is -1.52. The number of pyridine rings is 1. The summed E-state index contributed by atoms with van der Waals surface area (Å²) in [4.78, 5) is 53.6. The van der Waals surface area contributed by atoms with E-state index in [4.69, 9.17) is 14.2 Å². The van der Waals surface area contributed by atoms with Gasteiger partial charge in [0.05, 0.1) is 30.7 Å². The van der Waals surface area contributed by atoms with Crippen LogP contribution in [-0.2, 0) is 28.6 Å². The predicted molar refractivity (Wildman–Crippen MR) is 116 cm³/mol. The molecule has 0 bridgehead atoms. The van der Waals surface area contributed by atoms with Crippen molar-refractivity contribution in [3.05, 3.63) is 70.0 Å². The minimum absolute atomic E-state index is 0.00104. The number of nitro benzene ring substituents is 1. The summed E-state index contributed by atoms with van der Waals surface area (Å²) >= 11 is 0. The highest BCUT2D eigenvalue weighted by atomic mass is 16.6. The van der Waals surface area contributed by atoms with Gasteiger partial charge in [-0.1, -0.05) is 12.1 Å². The second-order valence-electron chi connectivity index (χ2n) is 6.87. The molecule has 2 aromatic rings. The Balaban J connectivity index is 2.76. The lowest BCUT2D eigenvalue weighted by atomic mass is 9.73. The molecule has 0 amide bonds. The van der Waals surface area contributed by atoms with Crippen molar-refractivity contribution >= 4 is 23.6 Å². The summed E-state index contributed by atoms with van der Waals surface area (Å²) in [6.07, 6.45) is 2.94. The molecule has 0 aliphatic carbocycles. The van der Waals surface area contributed by atoms with Crippen molar-refractivity contribution in [3.8, 4) is 0 Å². The van der Waals surface area contributed by atoms with Crippen molar-refractivity contribution in [2.45, 2.75) is 32.6 Å². The number of carbonyl (C=O) groups excluding carboxylic acids is 3. The van der Waals surface area contributed by atoms with Crippen LogP contribution in [0.15, 0.2) is 48.8 Å². The van der Waals surface area contributed by atoms with E-state index in [1.165, 1.54) is 36.7 Å². The van der Waals surface area contributed by atoms with E-state index in [-0.39, 0.29) is 25.5 Å². The minimum Gasteiger partial charge on any atom is -0.466 e. The van der Waals surface area contributed by atoms with Gasteiger partial charge >= 0.3 is 17.9 Å². The molecule has 0 spiro atoms. The van der Waals surface area contributed by atoms with Crippen LogP contribution in [0.4, 0.5) is 5.69 Å². The highest BCUT2D eigenvalue weighted by Crippen LogP contribution is 2.41. The van der Waals surface area contributed by atoms with Crippen LogP contribution in [0.25, 0.3) is 0 Å². The molecule has 10 nitrogen and oxygen atoms in total. The Hall–Kier alpha value is -3.82. The van der Waals surface area contributed by atoms with Gasteiger partial charge < -0.3 is 14.2 Å². The molecule has 1 aromatic heterocycles. The van der Waals surface area contributed by atoms with Crippen molar-refractivity contribution in [3.63, 3.8) is 0 Å². The summed E-state index contributed by atoms with van der Waals surface area (Å²) in [7, 11) is 0. The second kappa shape index (κ2) is 12.3. The third-order valence-electron chi connectivity index (χ3n) is 4.89. The van der Waals surface area contributed by atoms with Gasteiger partial charge in [-0.2, -0.15) is 0 Å². The first-order chi connectivity index (χ1) is 15.8. The van der Waals surface area contributed by atoms with Crippen LogP contribution < -0.4 is 0 Å². The van der Waals surface area contributed by atoms with E-state index in [9.17, 15) is 24.5 Å². The monoisotopic (exact) mass is 458 g/mol. The summed E-state index contributed by atoms with van der Waals surface area (Å²) in [5, 5.41) is 11.1. The van der Waals surface area contributed by atoms with E-state index in [1.807, 2.05) is 0 Å². The van der Waals surface area contributed by atoms with Gasteiger partial charge in [0.25, 0.3) is 5.69 Å². The molecular weight excluding hydrogens is 432 g/mol. The van der Waals surface area contributed by atoms with E-state index in [2.05, 4.69) is 4.98 Å². The molecule has 0 radical (unpaired) electrons. The van der Waals surface area contributed by atoms with Gasteiger partial charge in [-0.05, 0) is 44.0 Å². The standard InChI is InChI=1S/C23H26N2O8/c1-4-31-21(26)19(16-11-13-24-14-12-16)18(15-7-9-17(10-8-15)25(29)30)20(22(27)32-5-2)23(28)33-6-3/h7-14,18-20H,4-6H2,1-3H3. The Labute approximate surface area is 191 Å². The van der Waals surface area contributed by atoms with Crippen LogP contribution in [-0.4, -0.2) is 47.6 Å². The largest absolute Gasteiger partial charge is 0.466 e. The van der Waals surface area contributed by atoms with Crippen LogP contribution in [0.5, 0.6) is 0 Å². The molecule has 33 heavy (non-hydrogen) atoms. The zero-order valence-electron chi connectivity index (χ0n) is 18.6. The molecule has 2 unspecified atom stereocenters. The maximum Gasteiger partial charge on any atom is 0.320 e. The van der Waals surface area contributed by atoms with Crippen molar-refractivity contribution in [1.29, 1.82) is 0 Å². The fraction of sp³-hybridized carbons (Fsp3) is 0.391. The Morgan fingerprint density at radius 3 is 1.76 bits per heavy atom. The van der Waals surface area contributed by atoms with E-state index in [1.54, 1.807) is 32.9 Å². The van der Waals surface area contributed by atoms with E-state index < -0.39 is 40.6 Å². The summed E-state index contributed by atoms with van der Waals surface area (Å²) in [5.74, 6) is -6.18. The molecule has 0 saturated heterocycles. The smallest absolute Gasteiger partial charge is 0.320 e. The number of esters is 3. The maximum atomic E-state index is 13.1. The number of non-ortho nitro benzene ring substituents is 1. The van der Waals surface area contributed by atoms with Crippen LogP contribution in [0.1, 0.15) is 43.7 Å². The predicted octanol–water partition coefficient (Wildman–Crippen LogP) is 3.16. The van der Waals surface area contributed by atoms with E-state index in [0.717, 1.165) is 0 Å². The maximum absolute atomic E-state index is 13.1. The van der Waals surface area contributed by atoms with Gasteiger partial charge in [0.1, 0.15) is 0 Å². The number of aromatic nitrogens is 1. The summed E-state index contributed by atoms with van der Waals surface area (Å²) in [6.45, 7) is 4.88. The highest BCUT2D eigenvalue weighted by molar-refractivity contribution is 5.97. The Morgan fingerprint density at radius 2 is 1.30 bits per heavy atom. The molecule has 0 aliphatic heterocycles. The molecule has 0 saturated carbocycles. The van der Waals surface area contributed by atoms with Gasteiger partial charge in [0.15, 0.2) is 5.92 Å². The van der Waals surface area contributed by atoms with E-state index >= 15 is 0 Å². The van der Waals surface area contributed by atoms with Crippen molar-refractivity contribution in [2.75, 3.05) is 19.8 Å². The summed E-state index contributed by atoms with van der Waals surface area (Å²) < 4.78 is 15.6. The summed E-state index contributed by atoms with van der Waals surface area (Å²) in [5.41, 5.74) is 0.602. The zero-order valence-corrected chi connectivity index (χ0v) is 18.6. The van der Waals surface area contributed by atoms with Crippen LogP contribution in [0.3, 0.4) is 0 Å². The van der Waals surface area contributed by atoms with Gasteiger partial charge in [-0.3, -0.25) is 29.5 Å². The normalized spacial score (nSPS) is 12.5. The molecule has 0 N–H and O–H groups in total. The average Bonchev–Trinajstić information content (AvgIpc) is 2.80. The van der Waals surface area contributed by atoms with Gasteiger partial charge in [-0.15, -0.1) is 0 Å². The number of hydrogen-bond donors (Lipinski definition) is 0. The summed E-state index contributed by atoms with van der Waals surface area (Å²) in [6, 6.07) is 8.44. The molecule has 1 aromatic carbocycles. The SMILES string of the molecule is CCOC(=O)C(C(=O)OCC)C(c1ccc([N+](=O)[O-])cc1)C(C(=O)OCC)c1ccncc1. The van der Waals surface area contributed by atoms with Gasteiger partial charge in [0, 0.05) is 30.4 Å². The number of ether oxygens (including phenoxy) is 3. The van der Waals surface area contributed by atoms with Crippen molar-refractivity contribution < 1.29 is 33.5 Å². The molecule has 2 rings (SSSR count). The molecule has 0 fully saturated rings. The first-order valence-electron chi connectivity index (χ1n) is 10.5. The molecular formula is C23H26N2O8. The fourth-order valence-electron chi connectivity index (χ4n) is 3.54. The van der Waals surface area contributed by atoms with Gasteiger partial charge in [0.2, 0.25) is 0 Å². The fourth-order valence-corrected chi connectivity index (χ4v) is 3.54. The van der Waals surface area contributed by atoms with Crippen LogP contribution in [0.2, 0.25) is 0 Å². The quantitative estimate of drug-likeness (QED) is 0.163. The lowest BCUT2D eigenvalue weighted by molar-refractivity contribution is -0.384. The lowest BCUT2D eigenvalue weighted by Gasteiger charge is -2.30. The Kier molecular flexibility index (Phi) is 9.46. The highest BCUT2D eigenvalue weighted by Gasteiger charge is 2.46. The molecule has 10 heteroatoms. The van der Waals surface area contributed by atoms with Crippen LogP contribution >= 0.6 is 0 Å². The van der Waals surface area contributed by atoms with Gasteiger partial charge in [-0.25, -0.2) is 0 Å². The first kappa shape index (κ1) is 25.4. The third kappa shape index (κ3) is 6.34. The van der Waals surface area contributed by atoms with Crippen molar-refractivity contribution in [1.82, 2.24) is 4.98 Å². The molecule has 1 heterocycles. The number of nitro groups is 1. The van der Waals surface area contributed by atoms with E-state index in [0.29, 0.717) is 11.1 Å². The molecule has 176 valence electrons.